The van der Waals surface area contributed by atoms with Gasteiger partial charge in [-0.1, -0.05) is 89.6 Å². The largest absolute Gasteiger partial charge is 0.355 e. The maximum atomic E-state index is 5.65. The first-order chi connectivity index (χ1) is 13.8. The quantitative estimate of drug-likeness (QED) is 0.0933. The van der Waals surface area contributed by atoms with Gasteiger partial charge >= 0.3 is 0 Å². The van der Waals surface area contributed by atoms with Crippen molar-refractivity contribution in [2.75, 3.05) is 20.0 Å². The van der Waals surface area contributed by atoms with Gasteiger partial charge in [0.15, 0.2) is 0 Å². The van der Waals surface area contributed by atoms with Gasteiger partial charge in [0, 0.05) is 18.0 Å². The Morgan fingerprint density at radius 2 is 1.07 bits per heavy atom. The summed E-state index contributed by atoms with van der Waals surface area (Å²) in [7, 11) is 0. The Bertz CT molecular complexity index is 335. The molecule has 0 aromatic carbocycles. The molecule has 0 N–H and O–H groups in total. The lowest BCUT2D eigenvalue weighted by atomic mass is 9.84. The zero-order valence-electron chi connectivity index (χ0n) is 20.7. The van der Waals surface area contributed by atoms with Gasteiger partial charge < -0.3 is 9.47 Å². The molecule has 29 heavy (non-hydrogen) atoms. The molecule has 0 fully saturated rings. The molecule has 0 aromatic heterocycles. The van der Waals surface area contributed by atoms with E-state index in [9.17, 15) is 0 Å². The minimum Gasteiger partial charge on any atom is -0.355 e. The van der Waals surface area contributed by atoms with Crippen molar-refractivity contribution in [1.29, 1.82) is 0 Å². The fourth-order valence-electron chi connectivity index (χ4n) is 4.72. The maximum absolute atomic E-state index is 5.65. The summed E-state index contributed by atoms with van der Waals surface area (Å²) >= 11 is 3.69. The molecule has 0 rings (SSSR count). The molecule has 0 aromatic rings. The van der Waals surface area contributed by atoms with Crippen molar-refractivity contribution < 1.29 is 9.47 Å². The lowest BCUT2D eigenvalue weighted by molar-refractivity contribution is -0.0561. The lowest BCUT2D eigenvalue weighted by Crippen LogP contribution is -2.12. The SMILES string of the molecule is CCCCCCCCOCOCCCC(C)CC(C)CC(C)CC(C)CC(C)Br. The van der Waals surface area contributed by atoms with Crippen LogP contribution < -0.4 is 0 Å². The highest BCUT2D eigenvalue weighted by atomic mass is 79.9. The zero-order valence-corrected chi connectivity index (χ0v) is 22.3. The van der Waals surface area contributed by atoms with Crippen LogP contribution in [0.2, 0.25) is 0 Å². The van der Waals surface area contributed by atoms with Gasteiger partial charge in [0.2, 0.25) is 0 Å². The number of halogens is 1. The molecule has 5 unspecified atom stereocenters. The standard InChI is InChI=1S/C26H53BrO2/c1-7-8-9-10-11-12-15-28-21-29-16-13-14-22(2)17-23(3)18-24(4)19-25(5)20-26(6)27/h22-26H,7-21H2,1-6H3. The van der Waals surface area contributed by atoms with Gasteiger partial charge in [0.25, 0.3) is 0 Å². The third-order valence-electron chi connectivity index (χ3n) is 5.94. The molecule has 0 bridgehead atoms. The summed E-state index contributed by atoms with van der Waals surface area (Å²) in [4.78, 5) is 0.644. The van der Waals surface area contributed by atoms with E-state index in [0.29, 0.717) is 11.6 Å². The number of hydrogen-bond donors (Lipinski definition) is 0. The second kappa shape index (κ2) is 20.3. The minimum atomic E-state index is 0.475. The highest BCUT2D eigenvalue weighted by Gasteiger charge is 2.15. The summed E-state index contributed by atoms with van der Waals surface area (Å²) in [6.45, 7) is 16.4. The highest BCUT2D eigenvalue weighted by Crippen LogP contribution is 2.27. The van der Waals surface area contributed by atoms with Crippen molar-refractivity contribution in [3.8, 4) is 0 Å². The molecule has 2 nitrogen and oxygen atoms in total. The number of ether oxygens (including phenoxy) is 2. The second-order valence-corrected chi connectivity index (χ2v) is 11.6. The van der Waals surface area contributed by atoms with Gasteiger partial charge in [-0.2, -0.15) is 0 Å². The Balaban J connectivity index is 3.53. The van der Waals surface area contributed by atoms with Crippen molar-refractivity contribution in [3.05, 3.63) is 0 Å². The summed E-state index contributed by atoms with van der Waals surface area (Å²) in [5, 5.41) is 0. The van der Waals surface area contributed by atoms with Crippen LogP contribution in [0.3, 0.4) is 0 Å². The topological polar surface area (TPSA) is 18.5 Å². The smallest absolute Gasteiger partial charge is 0.146 e. The zero-order chi connectivity index (χ0) is 21.9. The third kappa shape index (κ3) is 21.4. The van der Waals surface area contributed by atoms with E-state index in [-0.39, 0.29) is 0 Å². The van der Waals surface area contributed by atoms with Crippen molar-refractivity contribution in [3.63, 3.8) is 0 Å². The number of unbranched alkanes of at least 4 members (excludes halogenated alkanes) is 5. The van der Waals surface area contributed by atoms with Crippen LogP contribution in [0.15, 0.2) is 0 Å². The van der Waals surface area contributed by atoms with E-state index >= 15 is 0 Å². The molecule has 0 spiro atoms. The van der Waals surface area contributed by atoms with E-state index < -0.39 is 0 Å². The van der Waals surface area contributed by atoms with Crippen molar-refractivity contribution in [2.24, 2.45) is 23.7 Å². The van der Waals surface area contributed by atoms with Gasteiger partial charge in [-0.3, -0.25) is 0 Å². The fraction of sp³-hybridized carbons (Fsp3) is 1.00. The molecule has 0 heterocycles. The number of alkyl halides is 1. The summed E-state index contributed by atoms with van der Waals surface area (Å²) in [5.74, 6) is 3.29. The van der Waals surface area contributed by atoms with Gasteiger partial charge in [0.1, 0.15) is 6.79 Å². The second-order valence-electron chi connectivity index (χ2n) is 9.99. The summed E-state index contributed by atoms with van der Waals surface area (Å²) in [6, 6.07) is 0. The molecule has 0 aliphatic heterocycles. The number of hydrogen-bond acceptors (Lipinski definition) is 2. The molecule has 0 saturated carbocycles. The predicted octanol–water partition coefficient (Wildman–Crippen LogP) is 9.01. The van der Waals surface area contributed by atoms with Gasteiger partial charge in [-0.25, -0.2) is 0 Å². The van der Waals surface area contributed by atoms with E-state index in [1.165, 1.54) is 70.6 Å². The monoisotopic (exact) mass is 476 g/mol. The van der Waals surface area contributed by atoms with Crippen LogP contribution in [-0.2, 0) is 9.47 Å². The van der Waals surface area contributed by atoms with E-state index in [4.69, 9.17) is 9.47 Å². The van der Waals surface area contributed by atoms with E-state index in [1.54, 1.807) is 0 Å². The molecule has 5 atom stereocenters. The summed E-state index contributed by atoms with van der Waals surface area (Å²) in [5.41, 5.74) is 0. The molecule has 176 valence electrons. The summed E-state index contributed by atoms with van der Waals surface area (Å²) in [6.07, 6.45) is 15.7. The van der Waals surface area contributed by atoms with Crippen molar-refractivity contribution >= 4 is 15.9 Å². The normalized spacial score (nSPS) is 17.1. The lowest BCUT2D eigenvalue weighted by Gasteiger charge is -2.23. The maximum Gasteiger partial charge on any atom is 0.146 e. The predicted molar refractivity (Wildman–Crippen MR) is 133 cm³/mol. The molecule has 0 saturated heterocycles. The van der Waals surface area contributed by atoms with E-state index in [2.05, 4.69) is 57.5 Å². The van der Waals surface area contributed by atoms with Crippen LogP contribution in [0, 0.1) is 23.7 Å². The van der Waals surface area contributed by atoms with Crippen LogP contribution >= 0.6 is 15.9 Å². The van der Waals surface area contributed by atoms with Crippen molar-refractivity contribution in [1.82, 2.24) is 0 Å². The van der Waals surface area contributed by atoms with Crippen LogP contribution in [-0.4, -0.2) is 24.8 Å². The summed E-state index contributed by atoms with van der Waals surface area (Å²) < 4.78 is 11.2. The molecular formula is C26H53BrO2. The Labute approximate surface area is 192 Å². The van der Waals surface area contributed by atoms with Crippen LogP contribution in [0.1, 0.15) is 119 Å². The fourth-order valence-corrected chi connectivity index (χ4v) is 5.35. The Hall–Kier alpha value is 0.400. The first kappa shape index (κ1) is 29.4. The first-order valence-corrected chi connectivity index (χ1v) is 13.6. The van der Waals surface area contributed by atoms with Gasteiger partial charge in [0.05, 0.1) is 0 Å². The van der Waals surface area contributed by atoms with Crippen LogP contribution in [0.5, 0.6) is 0 Å². The third-order valence-corrected chi connectivity index (χ3v) is 6.31. The Morgan fingerprint density at radius 3 is 1.66 bits per heavy atom. The minimum absolute atomic E-state index is 0.475. The average molecular weight is 478 g/mol. The van der Waals surface area contributed by atoms with E-state index in [1.807, 2.05) is 0 Å². The number of rotatable bonds is 21. The van der Waals surface area contributed by atoms with E-state index in [0.717, 1.165) is 43.3 Å². The van der Waals surface area contributed by atoms with Crippen LogP contribution in [0.25, 0.3) is 0 Å². The van der Waals surface area contributed by atoms with Crippen molar-refractivity contribution in [2.45, 2.75) is 123 Å². The molecule has 0 amide bonds. The van der Waals surface area contributed by atoms with Gasteiger partial charge in [-0.15, -0.1) is 0 Å². The molecule has 0 aliphatic rings. The molecule has 0 radical (unpaired) electrons. The average Bonchev–Trinajstić information content (AvgIpc) is 2.61. The first-order valence-electron chi connectivity index (χ1n) is 12.6. The molecular weight excluding hydrogens is 424 g/mol. The Kier molecular flexibility index (Phi) is 20.6. The molecule has 3 heteroatoms. The highest BCUT2D eigenvalue weighted by molar-refractivity contribution is 9.09. The van der Waals surface area contributed by atoms with Crippen LogP contribution in [0.4, 0.5) is 0 Å². The Morgan fingerprint density at radius 1 is 0.586 bits per heavy atom. The molecule has 0 aliphatic carbocycles. The van der Waals surface area contributed by atoms with Gasteiger partial charge in [-0.05, 0) is 68.6 Å².